The topological polar surface area (TPSA) is 61.4 Å². The fourth-order valence-corrected chi connectivity index (χ4v) is 2.24. The molecule has 1 fully saturated rings. The molecule has 1 amide bonds. The molecule has 2 atom stereocenters. The molecule has 0 spiro atoms. The lowest BCUT2D eigenvalue weighted by molar-refractivity contribution is -0.123. The molecule has 4 heteroatoms. The molecule has 1 saturated heterocycles. The minimum atomic E-state index is -0.416. The highest BCUT2D eigenvalue weighted by atomic mass is 16.3. The fraction of sp³-hybridized carbons (Fsp3) is 0.917. The lowest BCUT2D eigenvalue weighted by atomic mass is 9.96. The van der Waals surface area contributed by atoms with Crippen molar-refractivity contribution in [2.24, 2.45) is 5.92 Å². The number of aliphatic hydroxyl groups excluding tert-OH is 1. The Bertz CT molecular complexity index is 211. The van der Waals surface area contributed by atoms with Gasteiger partial charge in [0, 0.05) is 6.54 Å². The van der Waals surface area contributed by atoms with Crippen LogP contribution in [-0.2, 0) is 4.79 Å². The Hall–Kier alpha value is -0.610. The van der Waals surface area contributed by atoms with Crippen LogP contribution >= 0.6 is 0 Å². The van der Waals surface area contributed by atoms with Crippen LogP contribution in [0.25, 0.3) is 0 Å². The molecule has 1 unspecified atom stereocenters. The summed E-state index contributed by atoms with van der Waals surface area (Å²) in [5.41, 5.74) is 0. The van der Waals surface area contributed by atoms with Crippen molar-refractivity contribution in [2.45, 2.75) is 51.7 Å². The Labute approximate surface area is 97.8 Å². The van der Waals surface area contributed by atoms with Gasteiger partial charge in [0.25, 0.3) is 0 Å². The van der Waals surface area contributed by atoms with E-state index in [1.807, 2.05) is 0 Å². The molecule has 16 heavy (non-hydrogen) atoms. The van der Waals surface area contributed by atoms with Gasteiger partial charge in [0.1, 0.15) is 0 Å². The molecule has 1 heterocycles. The summed E-state index contributed by atoms with van der Waals surface area (Å²) in [6.07, 6.45) is 3.46. The monoisotopic (exact) mass is 228 g/mol. The molecule has 1 rings (SSSR count). The van der Waals surface area contributed by atoms with Crippen molar-refractivity contribution in [1.29, 1.82) is 0 Å². The zero-order chi connectivity index (χ0) is 12.0. The summed E-state index contributed by atoms with van der Waals surface area (Å²) in [4.78, 5) is 11.7. The van der Waals surface area contributed by atoms with Crippen molar-refractivity contribution in [2.75, 3.05) is 13.1 Å². The lowest BCUT2D eigenvalue weighted by Gasteiger charge is -2.21. The zero-order valence-corrected chi connectivity index (χ0v) is 10.3. The van der Waals surface area contributed by atoms with Crippen LogP contribution in [-0.4, -0.2) is 36.2 Å². The highest BCUT2D eigenvalue weighted by Gasteiger charge is 2.23. The number of carbonyl (C=O) groups excluding carboxylic acids is 1. The van der Waals surface area contributed by atoms with Gasteiger partial charge in [0.15, 0.2) is 0 Å². The number of carbonyl (C=O) groups is 1. The Morgan fingerprint density at radius 2 is 2.19 bits per heavy atom. The van der Waals surface area contributed by atoms with E-state index in [1.54, 1.807) is 0 Å². The van der Waals surface area contributed by atoms with Gasteiger partial charge in [-0.05, 0) is 25.3 Å². The molecule has 0 saturated carbocycles. The van der Waals surface area contributed by atoms with Crippen LogP contribution in [0.1, 0.15) is 39.5 Å². The molecule has 0 aromatic heterocycles. The maximum Gasteiger partial charge on any atom is 0.237 e. The highest BCUT2D eigenvalue weighted by Crippen LogP contribution is 2.12. The van der Waals surface area contributed by atoms with E-state index >= 15 is 0 Å². The molecule has 3 N–H and O–H groups in total. The maximum absolute atomic E-state index is 11.7. The van der Waals surface area contributed by atoms with E-state index in [2.05, 4.69) is 24.5 Å². The van der Waals surface area contributed by atoms with E-state index in [9.17, 15) is 9.90 Å². The predicted molar refractivity (Wildman–Crippen MR) is 64.1 cm³/mol. The van der Waals surface area contributed by atoms with Crippen LogP contribution in [0.5, 0.6) is 0 Å². The van der Waals surface area contributed by atoms with Crippen molar-refractivity contribution in [1.82, 2.24) is 10.6 Å². The van der Waals surface area contributed by atoms with Crippen LogP contribution < -0.4 is 10.6 Å². The molecular formula is C12H24N2O2. The van der Waals surface area contributed by atoms with Gasteiger partial charge in [0.2, 0.25) is 5.91 Å². The number of hydrogen-bond acceptors (Lipinski definition) is 3. The SMILES string of the molecule is CCC(CC)C(O)CNC(=O)[C@H]1CCCN1. The van der Waals surface area contributed by atoms with Crippen LogP contribution in [0, 0.1) is 5.92 Å². The molecular weight excluding hydrogens is 204 g/mol. The van der Waals surface area contributed by atoms with E-state index in [4.69, 9.17) is 0 Å². The number of rotatable bonds is 6. The third-order valence-corrected chi connectivity index (χ3v) is 3.46. The summed E-state index contributed by atoms with van der Waals surface area (Å²) in [5.74, 6) is 0.319. The quantitative estimate of drug-likeness (QED) is 0.625. The minimum Gasteiger partial charge on any atom is -0.391 e. The van der Waals surface area contributed by atoms with Crippen molar-refractivity contribution in [3.63, 3.8) is 0 Å². The number of hydrogen-bond donors (Lipinski definition) is 3. The van der Waals surface area contributed by atoms with Gasteiger partial charge in [-0.2, -0.15) is 0 Å². The maximum atomic E-state index is 11.7. The first-order chi connectivity index (χ1) is 7.69. The molecule has 0 aliphatic carbocycles. The smallest absolute Gasteiger partial charge is 0.237 e. The highest BCUT2D eigenvalue weighted by molar-refractivity contribution is 5.81. The van der Waals surface area contributed by atoms with E-state index < -0.39 is 6.10 Å². The second-order valence-electron chi connectivity index (χ2n) is 4.54. The van der Waals surface area contributed by atoms with Gasteiger partial charge in [0.05, 0.1) is 12.1 Å². The largest absolute Gasteiger partial charge is 0.391 e. The Kier molecular flexibility index (Phi) is 5.77. The van der Waals surface area contributed by atoms with Gasteiger partial charge < -0.3 is 15.7 Å². The minimum absolute atomic E-state index is 0.0301. The van der Waals surface area contributed by atoms with Gasteiger partial charge in [-0.15, -0.1) is 0 Å². The Balaban J connectivity index is 2.24. The van der Waals surface area contributed by atoms with Crippen LogP contribution in [0.4, 0.5) is 0 Å². The molecule has 1 aliphatic rings. The van der Waals surface area contributed by atoms with Crippen LogP contribution in [0.2, 0.25) is 0 Å². The summed E-state index contributed by atoms with van der Waals surface area (Å²) in [7, 11) is 0. The third-order valence-electron chi connectivity index (χ3n) is 3.46. The van der Waals surface area contributed by atoms with Crippen molar-refractivity contribution < 1.29 is 9.90 Å². The summed E-state index contributed by atoms with van der Waals surface area (Å²) in [6.45, 7) is 5.44. The molecule has 0 aromatic rings. The molecule has 94 valence electrons. The van der Waals surface area contributed by atoms with Gasteiger partial charge >= 0.3 is 0 Å². The van der Waals surface area contributed by atoms with E-state index in [0.29, 0.717) is 6.54 Å². The van der Waals surface area contributed by atoms with Gasteiger partial charge in [-0.3, -0.25) is 4.79 Å². The van der Waals surface area contributed by atoms with E-state index in [1.165, 1.54) is 0 Å². The third kappa shape index (κ3) is 3.76. The van der Waals surface area contributed by atoms with E-state index in [-0.39, 0.29) is 17.9 Å². The second kappa shape index (κ2) is 6.86. The molecule has 0 aromatic carbocycles. The van der Waals surface area contributed by atoms with Crippen LogP contribution in [0.15, 0.2) is 0 Å². The first-order valence-corrected chi connectivity index (χ1v) is 6.38. The average molecular weight is 228 g/mol. The summed E-state index contributed by atoms with van der Waals surface area (Å²) in [6, 6.07) is -0.0473. The standard InChI is InChI=1S/C12H24N2O2/c1-3-9(4-2)11(15)8-14-12(16)10-6-5-7-13-10/h9-11,13,15H,3-8H2,1-2H3,(H,14,16)/t10-,11?/m1/s1. The molecule has 4 nitrogen and oxygen atoms in total. The number of aliphatic hydroxyl groups is 1. The Morgan fingerprint density at radius 1 is 1.50 bits per heavy atom. The Morgan fingerprint density at radius 3 is 2.69 bits per heavy atom. The van der Waals surface area contributed by atoms with E-state index in [0.717, 1.165) is 32.2 Å². The first kappa shape index (κ1) is 13.5. The van der Waals surface area contributed by atoms with Crippen molar-refractivity contribution in [3.05, 3.63) is 0 Å². The molecule has 1 aliphatic heterocycles. The zero-order valence-electron chi connectivity index (χ0n) is 10.3. The van der Waals surface area contributed by atoms with Crippen molar-refractivity contribution in [3.8, 4) is 0 Å². The summed E-state index contributed by atoms with van der Waals surface area (Å²) < 4.78 is 0. The molecule has 0 bridgehead atoms. The molecule has 0 radical (unpaired) electrons. The van der Waals surface area contributed by atoms with Crippen molar-refractivity contribution >= 4 is 5.91 Å². The fourth-order valence-electron chi connectivity index (χ4n) is 2.24. The summed E-state index contributed by atoms with van der Waals surface area (Å²) in [5, 5.41) is 15.8. The predicted octanol–water partition coefficient (Wildman–Crippen LogP) is 0.652. The van der Waals surface area contributed by atoms with Gasteiger partial charge in [-0.1, -0.05) is 26.7 Å². The summed E-state index contributed by atoms with van der Waals surface area (Å²) >= 11 is 0. The first-order valence-electron chi connectivity index (χ1n) is 6.38. The number of amides is 1. The van der Waals surface area contributed by atoms with Crippen LogP contribution in [0.3, 0.4) is 0 Å². The number of nitrogens with one attached hydrogen (secondary N) is 2. The normalized spacial score (nSPS) is 22.4. The average Bonchev–Trinajstić information content (AvgIpc) is 2.81. The van der Waals surface area contributed by atoms with Gasteiger partial charge in [-0.25, -0.2) is 0 Å². The second-order valence-corrected chi connectivity index (χ2v) is 4.54. The lowest BCUT2D eigenvalue weighted by Crippen LogP contribution is -2.44.